The number of nitrogens with zero attached hydrogens (tertiary/aromatic N) is 1. The van der Waals surface area contributed by atoms with Gasteiger partial charge in [0.05, 0.1) is 13.7 Å². The minimum Gasteiger partial charge on any atom is -0.497 e. The molecule has 10 heteroatoms. The third-order valence-corrected chi connectivity index (χ3v) is 7.46. The van der Waals surface area contributed by atoms with Gasteiger partial charge in [0.2, 0.25) is 5.90 Å². The molecule has 1 heterocycles. The Bertz CT molecular complexity index is 1680. The standard InChI is InChI=1S/C36H35F2N3O5/c1-44-31-12-5-11-27(22-31)33-36(19-6-10-25-8-3-2-4-9-25,35(43)41-39-24-28-13-16-29(37)23-32(28)38)40-34(46-33)26-14-17-30(18-15-26)45-21-7-20-42/h2-6,8-18,22-23,33,39,42H,7,19-21,24H2,1H3,(H,41,43)/b10-6+/t33-,36-/m0/s1. The topological polar surface area (TPSA) is 101 Å². The van der Waals surface area contributed by atoms with Crippen LogP contribution in [0.2, 0.25) is 0 Å². The number of halogens is 2. The van der Waals surface area contributed by atoms with Gasteiger partial charge in [-0.15, -0.1) is 0 Å². The normalized spacial score (nSPS) is 17.4. The number of benzene rings is 4. The van der Waals surface area contributed by atoms with E-state index in [1.807, 2.05) is 54.6 Å². The summed E-state index contributed by atoms with van der Waals surface area (Å²) in [5.74, 6) is -0.484. The summed E-state index contributed by atoms with van der Waals surface area (Å²) in [4.78, 5) is 19.2. The molecule has 46 heavy (non-hydrogen) atoms. The van der Waals surface area contributed by atoms with E-state index < -0.39 is 29.2 Å². The molecule has 0 fully saturated rings. The van der Waals surface area contributed by atoms with Gasteiger partial charge >= 0.3 is 0 Å². The fourth-order valence-electron chi connectivity index (χ4n) is 5.05. The van der Waals surface area contributed by atoms with E-state index in [1.54, 1.807) is 43.5 Å². The van der Waals surface area contributed by atoms with Gasteiger partial charge in [-0.1, -0.05) is 60.7 Å². The van der Waals surface area contributed by atoms with Crippen molar-refractivity contribution in [3.63, 3.8) is 0 Å². The van der Waals surface area contributed by atoms with Crippen LogP contribution in [0.4, 0.5) is 8.78 Å². The number of amides is 1. The maximum atomic E-state index is 14.3. The number of carbonyl (C=O) groups excluding carboxylic acids is 1. The summed E-state index contributed by atoms with van der Waals surface area (Å²) in [6.45, 7) is 0.314. The number of rotatable bonds is 14. The molecular weight excluding hydrogens is 592 g/mol. The molecule has 4 aromatic rings. The maximum absolute atomic E-state index is 14.3. The molecule has 3 N–H and O–H groups in total. The number of aliphatic hydroxyl groups is 1. The number of carbonyl (C=O) groups is 1. The molecule has 0 unspecified atom stereocenters. The Morgan fingerprint density at radius 3 is 2.54 bits per heavy atom. The third-order valence-electron chi connectivity index (χ3n) is 7.46. The van der Waals surface area contributed by atoms with Crippen molar-refractivity contribution in [1.29, 1.82) is 0 Å². The molecular formula is C36H35F2N3O5. The number of nitrogens with one attached hydrogen (secondary N) is 2. The average molecular weight is 628 g/mol. The lowest BCUT2D eigenvalue weighted by atomic mass is 9.84. The van der Waals surface area contributed by atoms with Gasteiger partial charge < -0.3 is 19.3 Å². The molecule has 2 atom stereocenters. The lowest BCUT2D eigenvalue weighted by Crippen LogP contribution is -2.52. The first-order valence-electron chi connectivity index (χ1n) is 14.9. The van der Waals surface area contributed by atoms with E-state index in [1.165, 1.54) is 6.07 Å². The number of aliphatic hydroxyl groups excluding tert-OH is 1. The molecule has 8 nitrogen and oxygen atoms in total. The molecule has 5 rings (SSSR count). The number of aliphatic imine (C=N–C) groups is 1. The second-order valence-corrected chi connectivity index (χ2v) is 10.6. The van der Waals surface area contributed by atoms with Crippen molar-refractivity contribution >= 4 is 17.9 Å². The summed E-state index contributed by atoms with van der Waals surface area (Å²) < 4.78 is 45.4. The van der Waals surface area contributed by atoms with Crippen LogP contribution in [0.5, 0.6) is 11.5 Å². The van der Waals surface area contributed by atoms with Crippen molar-refractivity contribution < 1.29 is 32.9 Å². The third kappa shape index (κ3) is 7.77. The van der Waals surface area contributed by atoms with Crippen LogP contribution in [0, 0.1) is 11.6 Å². The summed E-state index contributed by atoms with van der Waals surface area (Å²) in [7, 11) is 1.56. The molecule has 0 bridgehead atoms. The van der Waals surface area contributed by atoms with Crippen molar-refractivity contribution in [3.05, 3.63) is 137 Å². The zero-order valence-electron chi connectivity index (χ0n) is 25.3. The molecule has 0 spiro atoms. The Balaban J connectivity index is 1.50. The van der Waals surface area contributed by atoms with E-state index in [0.717, 1.165) is 17.7 Å². The van der Waals surface area contributed by atoms with Crippen LogP contribution in [0.25, 0.3) is 6.08 Å². The second kappa shape index (κ2) is 15.3. The van der Waals surface area contributed by atoms with Gasteiger partial charge in [0.15, 0.2) is 11.6 Å². The van der Waals surface area contributed by atoms with E-state index in [-0.39, 0.29) is 31.0 Å². The predicted molar refractivity (Wildman–Crippen MR) is 171 cm³/mol. The van der Waals surface area contributed by atoms with Crippen molar-refractivity contribution in [2.24, 2.45) is 4.99 Å². The van der Waals surface area contributed by atoms with Crippen molar-refractivity contribution in [2.45, 2.75) is 31.0 Å². The Hall–Kier alpha value is -5.06. The van der Waals surface area contributed by atoms with E-state index in [0.29, 0.717) is 35.7 Å². The van der Waals surface area contributed by atoms with Gasteiger partial charge in [-0.2, -0.15) is 0 Å². The first kappa shape index (κ1) is 32.3. The molecule has 4 aromatic carbocycles. The molecule has 0 aromatic heterocycles. The first-order chi connectivity index (χ1) is 22.4. The summed E-state index contributed by atoms with van der Waals surface area (Å²) in [5, 5.41) is 9.05. The van der Waals surface area contributed by atoms with Crippen LogP contribution < -0.4 is 20.3 Å². The van der Waals surface area contributed by atoms with Gasteiger partial charge in [0.1, 0.15) is 23.1 Å². The number of methoxy groups -OCH3 is 1. The molecule has 1 aliphatic heterocycles. The largest absolute Gasteiger partial charge is 0.497 e. The molecule has 0 aliphatic carbocycles. The highest BCUT2D eigenvalue weighted by molar-refractivity contribution is 6.01. The molecule has 0 saturated heterocycles. The summed E-state index contributed by atoms with van der Waals surface area (Å²) in [5.41, 5.74) is 6.40. The minimum atomic E-state index is -1.50. The minimum absolute atomic E-state index is 0.0327. The SMILES string of the molecule is COc1cccc([C@@H]2OC(c3ccc(OCCCO)cc3)=N[C@]2(C/C=C/c2ccccc2)C(=O)NNCc2ccc(F)cc2F)c1. The first-order valence-corrected chi connectivity index (χ1v) is 14.9. The van der Waals surface area contributed by atoms with Crippen molar-refractivity contribution in [3.8, 4) is 11.5 Å². The average Bonchev–Trinajstić information content (AvgIpc) is 3.47. The second-order valence-electron chi connectivity index (χ2n) is 10.6. The van der Waals surface area contributed by atoms with Gasteiger partial charge in [-0.25, -0.2) is 19.2 Å². The van der Waals surface area contributed by atoms with Crippen molar-refractivity contribution in [2.75, 3.05) is 20.3 Å². The monoisotopic (exact) mass is 627 g/mol. The highest BCUT2D eigenvalue weighted by atomic mass is 19.1. The number of hydrazine groups is 1. The Kier molecular flexibility index (Phi) is 10.7. The van der Waals surface area contributed by atoms with Crippen molar-refractivity contribution in [1.82, 2.24) is 10.9 Å². The predicted octanol–water partition coefficient (Wildman–Crippen LogP) is 5.92. The molecule has 238 valence electrons. The number of hydrogen-bond donors (Lipinski definition) is 3. The smallest absolute Gasteiger partial charge is 0.266 e. The van der Waals surface area contributed by atoms with E-state index in [4.69, 9.17) is 24.3 Å². The van der Waals surface area contributed by atoms with Gasteiger partial charge in [0, 0.05) is 43.2 Å². The van der Waals surface area contributed by atoms with Crippen LogP contribution in [-0.2, 0) is 16.1 Å². The number of ether oxygens (including phenoxy) is 3. The fourth-order valence-corrected chi connectivity index (χ4v) is 5.05. The molecule has 1 aliphatic rings. The zero-order chi connectivity index (χ0) is 32.4. The van der Waals surface area contributed by atoms with Crippen LogP contribution in [0.15, 0.2) is 108 Å². The van der Waals surface area contributed by atoms with E-state index >= 15 is 0 Å². The number of hydrogen-bond acceptors (Lipinski definition) is 7. The fraction of sp³-hybridized carbons (Fsp3) is 0.222. The van der Waals surface area contributed by atoms with Crippen LogP contribution >= 0.6 is 0 Å². The van der Waals surface area contributed by atoms with Crippen LogP contribution in [0.3, 0.4) is 0 Å². The lowest BCUT2D eigenvalue weighted by Gasteiger charge is -2.30. The lowest BCUT2D eigenvalue weighted by molar-refractivity contribution is -0.129. The highest BCUT2D eigenvalue weighted by Crippen LogP contribution is 2.43. The summed E-state index contributed by atoms with van der Waals surface area (Å²) in [6, 6.07) is 27.3. The van der Waals surface area contributed by atoms with Crippen LogP contribution in [0.1, 0.15) is 41.2 Å². The summed E-state index contributed by atoms with van der Waals surface area (Å²) in [6.07, 6.45) is 3.56. The Labute approximate surface area is 266 Å². The quantitative estimate of drug-likeness (QED) is 0.119. The van der Waals surface area contributed by atoms with Crippen LogP contribution in [-0.4, -0.2) is 42.8 Å². The highest BCUT2D eigenvalue weighted by Gasteiger charge is 2.52. The van der Waals surface area contributed by atoms with Gasteiger partial charge in [-0.05, 0) is 53.6 Å². The Morgan fingerprint density at radius 2 is 1.80 bits per heavy atom. The molecule has 0 radical (unpaired) electrons. The van der Waals surface area contributed by atoms with E-state index in [9.17, 15) is 13.6 Å². The molecule has 1 amide bonds. The maximum Gasteiger partial charge on any atom is 0.266 e. The van der Waals surface area contributed by atoms with Gasteiger partial charge in [0.25, 0.3) is 5.91 Å². The van der Waals surface area contributed by atoms with Gasteiger partial charge in [-0.3, -0.25) is 10.2 Å². The zero-order valence-corrected chi connectivity index (χ0v) is 25.3. The molecule has 0 saturated carbocycles. The Morgan fingerprint density at radius 1 is 1.00 bits per heavy atom. The van der Waals surface area contributed by atoms with E-state index in [2.05, 4.69) is 10.9 Å². The summed E-state index contributed by atoms with van der Waals surface area (Å²) >= 11 is 0.